The van der Waals surface area contributed by atoms with Gasteiger partial charge in [-0.1, -0.05) is 18.2 Å². The molecule has 0 fully saturated rings. The van der Waals surface area contributed by atoms with Crippen LogP contribution in [0.5, 0.6) is 5.75 Å². The summed E-state index contributed by atoms with van der Waals surface area (Å²) in [6, 6.07) is 14.2. The Hall–Kier alpha value is -2.53. The third kappa shape index (κ3) is 4.81. The van der Waals surface area contributed by atoms with Crippen molar-refractivity contribution in [3.8, 4) is 5.75 Å². The maximum Gasteiger partial charge on any atom is 0.262 e. The fraction of sp³-hybridized carbons (Fsp3) is 0.188. The Labute approximate surface area is 123 Å². The Morgan fingerprint density at radius 1 is 1.19 bits per heavy atom. The molecule has 0 aromatic heterocycles. The number of nitrogen functional groups attached to an aromatic ring is 1. The lowest BCUT2D eigenvalue weighted by Gasteiger charge is -2.08. The molecule has 0 aliphatic carbocycles. The van der Waals surface area contributed by atoms with Gasteiger partial charge in [-0.2, -0.15) is 0 Å². The van der Waals surface area contributed by atoms with Crippen LogP contribution in [0.4, 0.5) is 11.4 Å². The van der Waals surface area contributed by atoms with Gasteiger partial charge in [-0.3, -0.25) is 4.79 Å². The first-order valence-corrected chi connectivity index (χ1v) is 6.65. The molecule has 2 aromatic carbocycles. The Kier molecular flexibility index (Phi) is 5.17. The smallest absolute Gasteiger partial charge is 0.262 e. The van der Waals surface area contributed by atoms with E-state index in [1.807, 2.05) is 12.1 Å². The fourth-order valence-electron chi connectivity index (χ4n) is 1.84. The highest BCUT2D eigenvalue weighted by Gasteiger charge is 2.04. The highest BCUT2D eigenvalue weighted by molar-refractivity contribution is 5.92. The summed E-state index contributed by atoms with van der Waals surface area (Å²) in [5.74, 6) is 0.361. The summed E-state index contributed by atoms with van der Waals surface area (Å²) in [6.07, 6.45) is 0.607. The standard InChI is InChI=1S/C16H18N2O3/c17-13-2-1-3-14(10-13)18-16(20)11-21-15-6-4-12(5-7-15)8-9-19/h1-7,10,19H,8-9,11,17H2,(H,18,20). The topological polar surface area (TPSA) is 84.6 Å². The van der Waals surface area contributed by atoms with Crippen molar-refractivity contribution >= 4 is 17.3 Å². The number of amides is 1. The Balaban J connectivity index is 1.83. The predicted molar refractivity (Wildman–Crippen MR) is 82.2 cm³/mol. The number of nitrogens with two attached hydrogens (primary N) is 1. The second kappa shape index (κ2) is 7.31. The van der Waals surface area contributed by atoms with Crippen molar-refractivity contribution in [2.24, 2.45) is 0 Å². The van der Waals surface area contributed by atoms with Gasteiger partial charge in [-0.05, 0) is 42.3 Å². The van der Waals surface area contributed by atoms with E-state index in [0.717, 1.165) is 5.56 Å². The SMILES string of the molecule is Nc1cccc(NC(=O)COc2ccc(CCO)cc2)c1. The zero-order valence-electron chi connectivity index (χ0n) is 11.6. The summed E-state index contributed by atoms with van der Waals surface area (Å²) < 4.78 is 5.40. The van der Waals surface area contributed by atoms with Crippen LogP contribution in [0.2, 0.25) is 0 Å². The second-order valence-corrected chi connectivity index (χ2v) is 4.58. The lowest BCUT2D eigenvalue weighted by molar-refractivity contribution is -0.118. The molecule has 0 radical (unpaired) electrons. The van der Waals surface area contributed by atoms with Gasteiger partial charge in [0.2, 0.25) is 0 Å². The van der Waals surface area contributed by atoms with Crippen molar-refractivity contribution < 1.29 is 14.6 Å². The Morgan fingerprint density at radius 3 is 2.62 bits per heavy atom. The monoisotopic (exact) mass is 286 g/mol. The van der Waals surface area contributed by atoms with E-state index in [4.69, 9.17) is 15.6 Å². The number of carbonyl (C=O) groups excluding carboxylic acids is 1. The number of hydrogen-bond donors (Lipinski definition) is 3. The minimum Gasteiger partial charge on any atom is -0.484 e. The van der Waals surface area contributed by atoms with Crippen LogP contribution >= 0.6 is 0 Å². The van der Waals surface area contributed by atoms with E-state index in [-0.39, 0.29) is 19.1 Å². The van der Waals surface area contributed by atoms with Crippen molar-refractivity contribution in [2.75, 3.05) is 24.3 Å². The highest BCUT2D eigenvalue weighted by Crippen LogP contribution is 2.14. The maximum absolute atomic E-state index is 11.8. The van der Waals surface area contributed by atoms with Crippen LogP contribution in [0, 0.1) is 0 Å². The molecule has 0 bridgehead atoms. The molecule has 0 saturated heterocycles. The van der Waals surface area contributed by atoms with Crippen LogP contribution in [-0.2, 0) is 11.2 Å². The van der Waals surface area contributed by atoms with Crippen LogP contribution in [-0.4, -0.2) is 24.2 Å². The van der Waals surface area contributed by atoms with E-state index in [1.54, 1.807) is 36.4 Å². The molecule has 2 rings (SSSR count). The maximum atomic E-state index is 11.8. The average Bonchev–Trinajstić information content (AvgIpc) is 2.47. The van der Waals surface area contributed by atoms with Gasteiger partial charge in [-0.15, -0.1) is 0 Å². The number of ether oxygens (including phenoxy) is 1. The van der Waals surface area contributed by atoms with E-state index < -0.39 is 0 Å². The van der Waals surface area contributed by atoms with Gasteiger partial charge in [0.05, 0.1) is 0 Å². The zero-order chi connectivity index (χ0) is 15.1. The number of anilines is 2. The number of hydrogen-bond acceptors (Lipinski definition) is 4. The molecule has 0 heterocycles. The summed E-state index contributed by atoms with van der Waals surface area (Å²) in [4.78, 5) is 11.8. The van der Waals surface area contributed by atoms with E-state index >= 15 is 0 Å². The van der Waals surface area contributed by atoms with Crippen LogP contribution < -0.4 is 15.8 Å². The number of carbonyl (C=O) groups is 1. The average molecular weight is 286 g/mol. The molecule has 0 aliphatic rings. The van der Waals surface area contributed by atoms with E-state index in [0.29, 0.717) is 23.5 Å². The summed E-state index contributed by atoms with van der Waals surface area (Å²) in [5, 5.41) is 11.5. The van der Waals surface area contributed by atoms with Crippen molar-refractivity contribution in [2.45, 2.75) is 6.42 Å². The van der Waals surface area contributed by atoms with Gasteiger partial charge in [0.15, 0.2) is 6.61 Å². The van der Waals surface area contributed by atoms with Gasteiger partial charge >= 0.3 is 0 Å². The number of aliphatic hydroxyl groups excluding tert-OH is 1. The molecule has 0 spiro atoms. The van der Waals surface area contributed by atoms with Gasteiger partial charge in [-0.25, -0.2) is 0 Å². The van der Waals surface area contributed by atoms with Gasteiger partial charge < -0.3 is 20.9 Å². The van der Waals surface area contributed by atoms with E-state index in [1.165, 1.54) is 0 Å². The third-order valence-electron chi connectivity index (χ3n) is 2.86. The number of benzene rings is 2. The zero-order valence-corrected chi connectivity index (χ0v) is 11.6. The molecule has 21 heavy (non-hydrogen) atoms. The second-order valence-electron chi connectivity index (χ2n) is 4.58. The molecule has 0 saturated carbocycles. The number of nitrogens with one attached hydrogen (secondary N) is 1. The van der Waals surface area contributed by atoms with Crippen LogP contribution in [0.3, 0.4) is 0 Å². The Bertz CT molecular complexity index is 597. The molecule has 5 nitrogen and oxygen atoms in total. The lowest BCUT2D eigenvalue weighted by Crippen LogP contribution is -2.20. The third-order valence-corrected chi connectivity index (χ3v) is 2.86. The summed E-state index contributed by atoms with van der Waals surface area (Å²) >= 11 is 0. The molecule has 110 valence electrons. The molecule has 1 amide bonds. The minimum absolute atomic E-state index is 0.0753. The summed E-state index contributed by atoms with van der Waals surface area (Å²) in [6.45, 7) is 0.0387. The molecule has 0 atom stereocenters. The summed E-state index contributed by atoms with van der Waals surface area (Å²) in [5.41, 5.74) is 7.89. The largest absolute Gasteiger partial charge is 0.484 e. The first kappa shape index (κ1) is 14.9. The molecule has 4 N–H and O–H groups in total. The van der Waals surface area contributed by atoms with Gasteiger partial charge in [0.1, 0.15) is 5.75 Å². The van der Waals surface area contributed by atoms with E-state index in [9.17, 15) is 4.79 Å². The van der Waals surface area contributed by atoms with Crippen LogP contribution in [0.25, 0.3) is 0 Å². The minimum atomic E-state index is -0.250. The summed E-state index contributed by atoms with van der Waals surface area (Å²) in [7, 11) is 0. The first-order chi connectivity index (χ1) is 10.2. The van der Waals surface area contributed by atoms with Crippen LogP contribution in [0.15, 0.2) is 48.5 Å². The molecular weight excluding hydrogens is 268 g/mol. The molecule has 0 aliphatic heterocycles. The van der Waals surface area contributed by atoms with Crippen molar-refractivity contribution in [1.29, 1.82) is 0 Å². The number of aliphatic hydroxyl groups is 1. The van der Waals surface area contributed by atoms with Gasteiger partial charge in [0.25, 0.3) is 5.91 Å². The normalized spacial score (nSPS) is 10.1. The fourth-order valence-corrected chi connectivity index (χ4v) is 1.84. The predicted octanol–water partition coefficient (Wildman–Crippen LogP) is 1.82. The number of rotatable bonds is 6. The van der Waals surface area contributed by atoms with Gasteiger partial charge in [0, 0.05) is 18.0 Å². The van der Waals surface area contributed by atoms with Crippen LogP contribution in [0.1, 0.15) is 5.56 Å². The molecule has 0 unspecified atom stereocenters. The quantitative estimate of drug-likeness (QED) is 0.707. The van der Waals surface area contributed by atoms with Crippen molar-refractivity contribution in [1.82, 2.24) is 0 Å². The van der Waals surface area contributed by atoms with E-state index in [2.05, 4.69) is 5.32 Å². The first-order valence-electron chi connectivity index (χ1n) is 6.65. The highest BCUT2D eigenvalue weighted by atomic mass is 16.5. The Morgan fingerprint density at radius 2 is 1.95 bits per heavy atom. The van der Waals surface area contributed by atoms with Crippen molar-refractivity contribution in [3.63, 3.8) is 0 Å². The molecule has 2 aromatic rings. The lowest BCUT2D eigenvalue weighted by atomic mass is 10.1. The molecule has 5 heteroatoms. The van der Waals surface area contributed by atoms with Crippen molar-refractivity contribution in [3.05, 3.63) is 54.1 Å². The molecular formula is C16H18N2O3.